The molecule has 2 heterocycles. The molecule has 0 radical (unpaired) electrons. The number of amides is 2. The molecule has 5 rings (SSSR count). The predicted molar refractivity (Wildman–Crippen MR) is 153 cm³/mol. The second-order valence-corrected chi connectivity index (χ2v) is 11.6. The third kappa shape index (κ3) is 6.04. The molecule has 0 aromatic heterocycles. The maximum absolute atomic E-state index is 13.9. The van der Waals surface area contributed by atoms with E-state index in [9.17, 15) is 14.4 Å². The standard InChI is InChI=1S/C32H37ClN2O5/c1-3-39-31(38)32-19-24(32)11-8-6-4-5-7-10-21(2)30(37)35-20-22-14-15-27(40-26-13-9-12-25(33)18-26)16-23(22)17-28(35)29(36)34-32/h8-9,11-16,18,21,24,28H,3-7,10,17,19-20H2,1-2H3,(H,34,36)/b11-8-/t21-,24+,28?,32+/m0/s1. The highest BCUT2D eigenvalue weighted by Gasteiger charge is 2.62. The van der Waals surface area contributed by atoms with Gasteiger partial charge in [-0.05, 0) is 74.1 Å². The Bertz CT molecular complexity index is 1310. The number of carbonyl (C=O) groups excluding carboxylic acids is 3. The summed E-state index contributed by atoms with van der Waals surface area (Å²) in [4.78, 5) is 42.4. The van der Waals surface area contributed by atoms with E-state index in [1.807, 2.05) is 43.3 Å². The molecular weight excluding hydrogens is 528 g/mol. The fourth-order valence-corrected chi connectivity index (χ4v) is 6.00. The number of rotatable bonds is 4. The molecule has 2 aromatic rings. The summed E-state index contributed by atoms with van der Waals surface area (Å²) in [6.45, 7) is 4.27. The van der Waals surface area contributed by atoms with E-state index in [2.05, 4.69) is 11.4 Å². The van der Waals surface area contributed by atoms with Gasteiger partial charge in [0.2, 0.25) is 11.8 Å². The van der Waals surface area contributed by atoms with Gasteiger partial charge in [0.1, 0.15) is 23.1 Å². The van der Waals surface area contributed by atoms with Gasteiger partial charge in [0.15, 0.2) is 0 Å². The Morgan fingerprint density at radius 2 is 1.93 bits per heavy atom. The minimum absolute atomic E-state index is 0.0319. The summed E-state index contributed by atoms with van der Waals surface area (Å²) < 4.78 is 11.4. The Morgan fingerprint density at radius 3 is 2.73 bits per heavy atom. The number of fused-ring (bicyclic) bond motifs is 3. The van der Waals surface area contributed by atoms with Crippen LogP contribution in [0.2, 0.25) is 5.02 Å². The number of hydrogen-bond donors (Lipinski definition) is 1. The topological polar surface area (TPSA) is 84.9 Å². The Labute approximate surface area is 240 Å². The number of hydrogen-bond acceptors (Lipinski definition) is 5. The van der Waals surface area contributed by atoms with E-state index >= 15 is 0 Å². The first-order chi connectivity index (χ1) is 19.3. The Hall–Kier alpha value is -3.32. The van der Waals surface area contributed by atoms with Crippen molar-refractivity contribution < 1.29 is 23.9 Å². The minimum Gasteiger partial charge on any atom is -0.464 e. The van der Waals surface area contributed by atoms with Crippen LogP contribution in [0, 0.1) is 11.8 Å². The zero-order valence-corrected chi connectivity index (χ0v) is 23.9. The van der Waals surface area contributed by atoms with E-state index in [0.29, 0.717) is 35.9 Å². The van der Waals surface area contributed by atoms with Crippen LogP contribution in [0.5, 0.6) is 11.5 Å². The first-order valence-corrected chi connectivity index (χ1v) is 14.7. The van der Waals surface area contributed by atoms with E-state index in [-0.39, 0.29) is 30.3 Å². The molecule has 1 fully saturated rings. The lowest BCUT2D eigenvalue weighted by atomic mass is 9.91. The second kappa shape index (κ2) is 12.0. The Kier molecular flexibility index (Phi) is 8.50. The molecule has 0 bridgehead atoms. The van der Waals surface area contributed by atoms with Crippen molar-refractivity contribution in [1.29, 1.82) is 0 Å². The molecule has 1 aliphatic carbocycles. The van der Waals surface area contributed by atoms with Crippen molar-refractivity contribution >= 4 is 29.4 Å². The summed E-state index contributed by atoms with van der Waals surface area (Å²) in [5.41, 5.74) is 0.835. The quantitative estimate of drug-likeness (QED) is 0.365. The molecule has 212 valence electrons. The van der Waals surface area contributed by atoms with Gasteiger partial charge in [-0.2, -0.15) is 0 Å². The third-order valence-corrected chi connectivity index (χ3v) is 8.46. The maximum atomic E-state index is 13.9. The monoisotopic (exact) mass is 564 g/mol. The number of nitrogens with zero attached hydrogens (tertiary/aromatic N) is 1. The molecule has 4 atom stereocenters. The van der Waals surface area contributed by atoms with E-state index in [1.54, 1.807) is 24.0 Å². The lowest BCUT2D eigenvalue weighted by Gasteiger charge is -2.38. The largest absolute Gasteiger partial charge is 0.464 e. The molecule has 40 heavy (non-hydrogen) atoms. The molecule has 0 spiro atoms. The molecule has 2 aromatic carbocycles. The Balaban J connectivity index is 1.45. The zero-order chi connectivity index (χ0) is 28.3. The highest BCUT2D eigenvalue weighted by molar-refractivity contribution is 6.30. The third-order valence-electron chi connectivity index (χ3n) is 8.22. The number of esters is 1. The van der Waals surface area contributed by atoms with Crippen LogP contribution >= 0.6 is 11.6 Å². The summed E-state index contributed by atoms with van der Waals surface area (Å²) in [5.74, 6) is 0.156. The molecular formula is C32H37ClN2O5. The number of halogens is 1. The highest BCUT2D eigenvalue weighted by atomic mass is 35.5. The summed E-state index contributed by atoms with van der Waals surface area (Å²) >= 11 is 6.12. The van der Waals surface area contributed by atoms with Crippen molar-refractivity contribution in [3.63, 3.8) is 0 Å². The molecule has 2 aliphatic heterocycles. The molecule has 2 amide bonds. The smallest absolute Gasteiger partial charge is 0.332 e. The van der Waals surface area contributed by atoms with Crippen LogP contribution < -0.4 is 10.1 Å². The summed E-state index contributed by atoms with van der Waals surface area (Å²) in [6.07, 6.45) is 9.69. The van der Waals surface area contributed by atoms with Gasteiger partial charge >= 0.3 is 5.97 Å². The fraction of sp³-hybridized carbons (Fsp3) is 0.469. The average molecular weight is 565 g/mol. The summed E-state index contributed by atoms with van der Waals surface area (Å²) in [7, 11) is 0. The van der Waals surface area contributed by atoms with Crippen molar-refractivity contribution in [2.75, 3.05) is 6.61 Å². The van der Waals surface area contributed by atoms with Gasteiger partial charge in [0.25, 0.3) is 0 Å². The molecule has 7 nitrogen and oxygen atoms in total. The van der Waals surface area contributed by atoms with Gasteiger partial charge < -0.3 is 19.7 Å². The van der Waals surface area contributed by atoms with Gasteiger partial charge in [0.05, 0.1) is 6.61 Å². The molecule has 1 unspecified atom stereocenters. The first-order valence-electron chi connectivity index (χ1n) is 14.3. The minimum atomic E-state index is -1.08. The SMILES string of the molecule is CCOC(=O)[C@@]12C[C@H]1/C=C\CCCCC[C@H](C)C(=O)N1Cc3ccc(Oc4cccc(Cl)c4)cc3CC1C(=O)N2. The van der Waals surface area contributed by atoms with Gasteiger partial charge in [-0.1, -0.05) is 55.7 Å². The van der Waals surface area contributed by atoms with Crippen LogP contribution in [0.1, 0.15) is 63.5 Å². The van der Waals surface area contributed by atoms with E-state index < -0.39 is 17.6 Å². The second-order valence-electron chi connectivity index (χ2n) is 11.1. The van der Waals surface area contributed by atoms with E-state index in [1.165, 1.54) is 0 Å². The van der Waals surface area contributed by atoms with Crippen LogP contribution in [0.3, 0.4) is 0 Å². The van der Waals surface area contributed by atoms with Crippen LogP contribution in [-0.2, 0) is 32.1 Å². The fourth-order valence-electron chi connectivity index (χ4n) is 5.82. The highest BCUT2D eigenvalue weighted by Crippen LogP contribution is 2.46. The van der Waals surface area contributed by atoms with Crippen molar-refractivity contribution in [3.05, 3.63) is 70.8 Å². The summed E-state index contributed by atoms with van der Waals surface area (Å²) in [5, 5.41) is 3.62. The molecule has 0 saturated heterocycles. The van der Waals surface area contributed by atoms with Crippen molar-refractivity contribution in [2.45, 2.75) is 76.9 Å². The van der Waals surface area contributed by atoms with Crippen molar-refractivity contribution in [2.24, 2.45) is 11.8 Å². The van der Waals surface area contributed by atoms with Crippen LogP contribution in [-0.4, -0.2) is 40.9 Å². The van der Waals surface area contributed by atoms with Gasteiger partial charge in [-0.15, -0.1) is 0 Å². The van der Waals surface area contributed by atoms with Crippen LogP contribution in [0.25, 0.3) is 0 Å². The van der Waals surface area contributed by atoms with Gasteiger partial charge in [-0.3, -0.25) is 9.59 Å². The first kappa shape index (κ1) is 28.2. The zero-order valence-electron chi connectivity index (χ0n) is 23.2. The maximum Gasteiger partial charge on any atom is 0.332 e. The lowest BCUT2D eigenvalue weighted by Crippen LogP contribution is -2.57. The normalized spacial score (nSPS) is 27.6. The van der Waals surface area contributed by atoms with E-state index in [0.717, 1.165) is 43.2 Å². The van der Waals surface area contributed by atoms with Crippen molar-refractivity contribution in [1.82, 2.24) is 10.2 Å². The number of benzene rings is 2. The number of allylic oxidation sites excluding steroid dienone is 1. The molecule has 1 saturated carbocycles. The van der Waals surface area contributed by atoms with Gasteiger partial charge in [0, 0.05) is 29.8 Å². The van der Waals surface area contributed by atoms with Crippen LogP contribution in [0.15, 0.2) is 54.6 Å². The number of nitrogens with one attached hydrogen (secondary N) is 1. The van der Waals surface area contributed by atoms with Gasteiger partial charge in [-0.25, -0.2) is 4.79 Å². The molecule has 8 heteroatoms. The van der Waals surface area contributed by atoms with Crippen molar-refractivity contribution in [3.8, 4) is 11.5 Å². The average Bonchev–Trinajstić information content (AvgIpc) is 3.64. The Morgan fingerprint density at radius 1 is 1.10 bits per heavy atom. The number of ether oxygens (including phenoxy) is 2. The predicted octanol–water partition coefficient (Wildman–Crippen LogP) is 5.98. The summed E-state index contributed by atoms with van der Waals surface area (Å²) in [6, 6.07) is 12.2. The molecule has 1 N–H and O–H groups in total. The number of carbonyl (C=O) groups is 3. The lowest BCUT2D eigenvalue weighted by molar-refractivity contribution is -0.151. The van der Waals surface area contributed by atoms with E-state index in [4.69, 9.17) is 21.1 Å². The molecule has 3 aliphatic rings. The van der Waals surface area contributed by atoms with Crippen LogP contribution in [0.4, 0.5) is 0 Å².